The van der Waals surface area contributed by atoms with Crippen molar-refractivity contribution in [1.29, 1.82) is 0 Å². The molecule has 0 aromatic carbocycles. The Labute approximate surface area is 82.3 Å². The van der Waals surface area contributed by atoms with Crippen LogP contribution in [0.4, 0.5) is 4.79 Å². The maximum absolute atomic E-state index is 10.8. The summed E-state index contributed by atoms with van der Waals surface area (Å²) >= 11 is 2.58. The largest absolute Gasteiger partial charge is 0.429 e. The molecule has 0 aliphatic rings. The van der Waals surface area contributed by atoms with Crippen LogP contribution in [-0.4, -0.2) is 17.6 Å². The summed E-state index contributed by atoms with van der Waals surface area (Å²) < 4.78 is 7.35. The maximum atomic E-state index is 10.8. The molecule has 0 unspecified atom stereocenters. The van der Waals surface area contributed by atoms with Crippen molar-refractivity contribution in [2.24, 2.45) is 0 Å². The highest BCUT2D eigenvalue weighted by Gasteiger charge is 2.00. The number of carbonyl (C=O) groups is 1. The zero-order chi connectivity index (χ0) is 9.23. The number of rotatable bonds is 6. The van der Waals surface area contributed by atoms with E-state index in [1.54, 1.807) is 0 Å². The van der Waals surface area contributed by atoms with Crippen LogP contribution in [0.1, 0.15) is 26.7 Å². The van der Waals surface area contributed by atoms with Gasteiger partial charge in [-0.25, -0.2) is 4.79 Å². The number of hydrogen-bond acceptors (Lipinski definition) is 4. The van der Waals surface area contributed by atoms with Gasteiger partial charge >= 0.3 is 6.09 Å². The highest BCUT2D eigenvalue weighted by molar-refractivity contribution is 7.98. The Bertz CT molecular complexity index is 110. The van der Waals surface area contributed by atoms with Gasteiger partial charge in [-0.2, -0.15) is 0 Å². The van der Waals surface area contributed by atoms with E-state index >= 15 is 0 Å². The Balaban J connectivity index is 3.10. The topological polar surface area (TPSA) is 38.3 Å². The molecule has 0 saturated carbocycles. The molecule has 0 aromatic rings. The Morgan fingerprint density at radius 1 is 1.33 bits per heavy atom. The van der Waals surface area contributed by atoms with E-state index in [0.29, 0.717) is 0 Å². The lowest BCUT2D eigenvalue weighted by Gasteiger charge is -2.02. The van der Waals surface area contributed by atoms with Gasteiger partial charge in [-0.15, -0.1) is 0 Å². The highest BCUT2D eigenvalue weighted by atomic mass is 32.2. The minimum Gasteiger partial charge on any atom is -0.374 e. The van der Waals surface area contributed by atoms with Gasteiger partial charge in [-0.3, -0.25) is 4.72 Å². The first-order valence-electron chi connectivity index (χ1n) is 4.02. The molecule has 12 heavy (non-hydrogen) atoms. The van der Waals surface area contributed by atoms with Crippen molar-refractivity contribution in [2.75, 3.05) is 11.5 Å². The standard InChI is InChI=1S/C7H15NO2S2/c1-3-5-11-8-7(9)10-12-6-4-2/h3-6H2,1-2H3,(H,8,9). The summed E-state index contributed by atoms with van der Waals surface area (Å²) in [7, 11) is 0. The zero-order valence-corrected chi connectivity index (χ0v) is 9.09. The molecular formula is C7H15NO2S2. The van der Waals surface area contributed by atoms with Crippen molar-refractivity contribution < 1.29 is 8.98 Å². The fourth-order valence-corrected chi connectivity index (χ4v) is 1.32. The predicted molar refractivity (Wildman–Crippen MR) is 55.1 cm³/mol. The first-order chi connectivity index (χ1) is 5.81. The third-order valence-electron chi connectivity index (χ3n) is 0.884. The third kappa shape index (κ3) is 8.07. The summed E-state index contributed by atoms with van der Waals surface area (Å²) in [6.45, 7) is 4.10. The minimum absolute atomic E-state index is 0.355. The van der Waals surface area contributed by atoms with Crippen molar-refractivity contribution in [2.45, 2.75) is 26.7 Å². The van der Waals surface area contributed by atoms with E-state index in [9.17, 15) is 4.79 Å². The van der Waals surface area contributed by atoms with Gasteiger partial charge in [0.1, 0.15) is 0 Å². The lowest BCUT2D eigenvalue weighted by molar-refractivity contribution is 0.215. The molecule has 0 rings (SSSR count). The molecule has 0 bridgehead atoms. The molecule has 0 aromatic heterocycles. The average Bonchev–Trinajstić information content (AvgIpc) is 2.06. The molecule has 5 heteroatoms. The number of nitrogens with one attached hydrogen (secondary N) is 1. The van der Waals surface area contributed by atoms with Crippen LogP contribution in [0.3, 0.4) is 0 Å². The summed E-state index contributed by atoms with van der Waals surface area (Å²) in [5.74, 6) is 1.78. The second-order valence-electron chi connectivity index (χ2n) is 2.14. The molecular weight excluding hydrogens is 194 g/mol. The molecule has 0 heterocycles. The maximum Gasteiger partial charge on any atom is 0.429 e. The van der Waals surface area contributed by atoms with Gasteiger partial charge in [0, 0.05) is 11.5 Å². The van der Waals surface area contributed by atoms with Crippen LogP contribution in [0.5, 0.6) is 0 Å². The Hall–Kier alpha value is -0.0300. The van der Waals surface area contributed by atoms with Gasteiger partial charge in [0.2, 0.25) is 0 Å². The minimum atomic E-state index is -0.355. The van der Waals surface area contributed by atoms with E-state index in [0.717, 1.165) is 24.3 Å². The average molecular weight is 209 g/mol. The van der Waals surface area contributed by atoms with Gasteiger partial charge in [0.05, 0.1) is 12.0 Å². The summed E-state index contributed by atoms with van der Waals surface area (Å²) in [5.41, 5.74) is 0. The Morgan fingerprint density at radius 2 is 2.00 bits per heavy atom. The Kier molecular flexibility index (Phi) is 9.04. The first-order valence-corrected chi connectivity index (χ1v) is 5.92. The molecule has 1 N–H and O–H groups in total. The lowest BCUT2D eigenvalue weighted by Crippen LogP contribution is -2.14. The SMILES string of the molecule is CCCSNC(=O)OSCCC. The fourth-order valence-electron chi connectivity index (χ4n) is 0.408. The zero-order valence-electron chi connectivity index (χ0n) is 7.46. The van der Waals surface area contributed by atoms with E-state index in [4.69, 9.17) is 4.18 Å². The van der Waals surface area contributed by atoms with E-state index in [1.807, 2.05) is 6.92 Å². The van der Waals surface area contributed by atoms with E-state index in [2.05, 4.69) is 11.6 Å². The lowest BCUT2D eigenvalue weighted by atomic mass is 10.6. The number of hydrogen-bond donors (Lipinski definition) is 1. The first kappa shape index (κ1) is 12.0. The van der Waals surface area contributed by atoms with Gasteiger partial charge in [0.15, 0.2) is 0 Å². The number of carbonyl (C=O) groups excluding carboxylic acids is 1. The molecule has 0 fully saturated rings. The second kappa shape index (κ2) is 9.06. The fraction of sp³-hybridized carbons (Fsp3) is 0.857. The molecule has 0 atom stereocenters. The van der Waals surface area contributed by atoms with Crippen LogP contribution in [0.2, 0.25) is 0 Å². The predicted octanol–water partition coefficient (Wildman–Crippen LogP) is 2.83. The number of amides is 1. The van der Waals surface area contributed by atoms with Crippen LogP contribution in [0, 0.1) is 0 Å². The van der Waals surface area contributed by atoms with Crippen LogP contribution in [0.15, 0.2) is 0 Å². The molecule has 3 nitrogen and oxygen atoms in total. The third-order valence-corrected chi connectivity index (χ3v) is 2.65. The highest BCUT2D eigenvalue weighted by Crippen LogP contribution is 2.05. The van der Waals surface area contributed by atoms with Crippen molar-refractivity contribution in [3.8, 4) is 0 Å². The van der Waals surface area contributed by atoms with Crippen LogP contribution in [0.25, 0.3) is 0 Å². The quantitative estimate of drug-likeness (QED) is 0.415. The van der Waals surface area contributed by atoms with E-state index in [-0.39, 0.29) is 6.09 Å². The van der Waals surface area contributed by atoms with Gasteiger partial charge in [0.25, 0.3) is 0 Å². The second-order valence-corrected chi connectivity index (χ2v) is 3.85. The normalized spacial score (nSPS) is 9.50. The van der Waals surface area contributed by atoms with Gasteiger partial charge in [-0.1, -0.05) is 13.8 Å². The van der Waals surface area contributed by atoms with Crippen molar-refractivity contribution in [3.05, 3.63) is 0 Å². The molecule has 0 saturated heterocycles. The van der Waals surface area contributed by atoms with E-state index in [1.165, 1.54) is 24.0 Å². The summed E-state index contributed by atoms with van der Waals surface area (Å²) in [5, 5.41) is 0. The summed E-state index contributed by atoms with van der Waals surface area (Å²) in [6, 6.07) is 0. The van der Waals surface area contributed by atoms with Gasteiger partial charge < -0.3 is 4.18 Å². The summed E-state index contributed by atoms with van der Waals surface area (Å²) in [6.07, 6.45) is 1.71. The molecule has 72 valence electrons. The van der Waals surface area contributed by atoms with Crippen LogP contribution >= 0.6 is 24.0 Å². The van der Waals surface area contributed by atoms with Crippen LogP contribution < -0.4 is 4.72 Å². The smallest absolute Gasteiger partial charge is 0.374 e. The molecule has 0 aliphatic heterocycles. The van der Waals surface area contributed by atoms with E-state index < -0.39 is 0 Å². The molecule has 0 spiro atoms. The van der Waals surface area contributed by atoms with Gasteiger partial charge in [-0.05, 0) is 24.8 Å². The van der Waals surface area contributed by atoms with Crippen molar-refractivity contribution >= 4 is 30.1 Å². The Morgan fingerprint density at radius 3 is 2.58 bits per heavy atom. The molecule has 0 radical (unpaired) electrons. The molecule has 1 amide bonds. The van der Waals surface area contributed by atoms with Crippen molar-refractivity contribution in [1.82, 2.24) is 4.72 Å². The molecule has 0 aliphatic carbocycles. The summed E-state index contributed by atoms with van der Waals surface area (Å²) in [4.78, 5) is 10.8. The van der Waals surface area contributed by atoms with Crippen LogP contribution in [-0.2, 0) is 4.18 Å². The van der Waals surface area contributed by atoms with Crippen molar-refractivity contribution in [3.63, 3.8) is 0 Å². The monoisotopic (exact) mass is 209 g/mol.